The average Bonchev–Trinajstić information content (AvgIpc) is 3.32. The molecule has 0 fully saturated rings. The predicted molar refractivity (Wildman–Crippen MR) is 83.7 cm³/mol. The third kappa shape index (κ3) is 2.69. The summed E-state index contributed by atoms with van der Waals surface area (Å²) in [4.78, 5) is 19.0. The fourth-order valence-corrected chi connectivity index (χ4v) is 2.57. The second-order valence-corrected chi connectivity index (χ2v) is 5.44. The lowest BCUT2D eigenvalue weighted by molar-refractivity contribution is -0.144. The van der Waals surface area contributed by atoms with Crippen molar-refractivity contribution in [1.82, 2.24) is 44.8 Å². The van der Waals surface area contributed by atoms with Crippen molar-refractivity contribution in [2.24, 2.45) is 0 Å². The zero-order valence-electron chi connectivity index (χ0n) is 13.3. The Morgan fingerprint density at radius 2 is 2.08 bits per heavy atom. The first-order valence-electron chi connectivity index (χ1n) is 7.47. The molecule has 9 nitrogen and oxygen atoms in total. The van der Waals surface area contributed by atoms with Crippen LogP contribution in [0.15, 0.2) is 24.9 Å². The average molecular weight is 363 g/mol. The summed E-state index contributed by atoms with van der Waals surface area (Å²) in [5.41, 5.74) is 2.10. The minimum Gasteiger partial charge on any atom is -0.343 e. The minimum absolute atomic E-state index is 0.109. The molecule has 4 aromatic heterocycles. The molecule has 0 aromatic carbocycles. The maximum Gasteiger partial charge on any atom is 0.453 e. The number of rotatable bonds is 4. The van der Waals surface area contributed by atoms with Crippen molar-refractivity contribution in [2.75, 3.05) is 7.05 Å². The van der Waals surface area contributed by atoms with E-state index in [-0.39, 0.29) is 11.5 Å². The quantitative estimate of drug-likeness (QED) is 0.508. The molecule has 3 N–H and O–H groups in total. The van der Waals surface area contributed by atoms with Crippen LogP contribution in [0.4, 0.5) is 13.2 Å². The number of hydrogen-bond donors (Lipinski definition) is 3. The van der Waals surface area contributed by atoms with Crippen LogP contribution in [0.2, 0.25) is 0 Å². The molecular formula is C14H12F3N9. The van der Waals surface area contributed by atoms with Crippen LogP contribution < -0.4 is 5.32 Å². The summed E-state index contributed by atoms with van der Waals surface area (Å²) in [5, 5.41) is 8.55. The Balaban J connectivity index is 1.94. The van der Waals surface area contributed by atoms with E-state index in [0.717, 1.165) is 5.56 Å². The number of nitrogens with zero attached hydrogens (tertiary/aromatic N) is 6. The van der Waals surface area contributed by atoms with Gasteiger partial charge in [0.25, 0.3) is 5.82 Å². The van der Waals surface area contributed by atoms with E-state index in [1.807, 2.05) is 0 Å². The zero-order valence-corrected chi connectivity index (χ0v) is 13.3. The van der Waals surface area contributed by atoms with E-state index in [1.165, 1.54) is 6.33 Å². The topological polar surface area (TPSA) is 112 Å². The maximum atomic E-state index is 12.8. The molecule has 4 rings (SSSR count). The molecule has 0 aliphatic rings. The second kappa shape index (κ2) is 5.91. The van der Waals surface area contributed by atoms with Crippen LogP contribution in [-0.2, 0) is 12.7 Å². The van der Waals surface area contributed by atoms with E-state index < -0.39 is 12.0 Å². The number of fused-ring (bicyclic) bond motifs is 1. The number of imidazole rings is 2. The van der Waals surface area contributed by atoms with Gasteiger partial charge in [-0.1, -0.05) is 0 Å². The first-order chi connectivity index (χ1) is 12.5. The van der Waals surface area contributed by atoms with E-state index in [1.54, 1.807) is 30.0 Å². The van der Waals surface area contributed by atoms with Crippen molar-refractivity contribution in [3.63, 3.8) is 0 Å². The molecular weight excluding hydrogens is 351 g/mol. The fraction of sp³-hybridized carbons (Fsp3) is 0.214. The van der Waals surface area contributed by atoms with Gasteiger partial charge in [-0.3, -0.25) is 9.50 Å². The molecule has 12 heteroatoms. The van der Waals surface area contributed by atoms with Crippen LogP contribution in [0.3, 0.4) is 0 Å². The zero-order chi connectivity index (χ0) is 18.3. The van der Waals surface area contributed by atoms with Crippen LogP contribution >= 0.6 is 0 Å². The third-order valence-electron chi connectivity index (χ3n) is 3.63. The van der Waals surface area contributed by atoms with Gasteiger partial charge in [-0.05, 0) is 7.05 Å². The summed E-state index contributed by atoms with van der Waals surface area (Å²) in [5.74, 6) is -1.05. The van der Waals surface area contributed by atoms with Gasteiger partial charge >= 0.3 is 6.18 Å². The Bertz CT molecular complexity index is 1050. The van der Waals surface area contributed by atoms with Crippen LogP contribution in [0, 0.1) is 0 Å². The standard InChI is InChI=1S/C14H12F3N9/c1-18-2-7-3-20-13-22-9(11-23-12(25-24-11)14(15,16)17)10(26(13)5-7)8-4-19-6-21-8/h3-6,18H,2H2,1H3,(H,19,21)(H,23,24,25). The van der Waals surface area contributed by atoms with Gasteiger partial charge in [-0.15, -0.1) is 5.10 Å². The van der Waals surface area contributed by atoms with Gasteiger partial charge in [0.1, 0.15) is 11.4 Å². The van der Waals surface area contributed by atoms with Crippen molar-refractivity contribution in [1.29, 1.82) is 0 Å². The molecule has 4 aromatic rings. The summed E-state index contributed by atoms with van der Waals surface area (Å²) in [7, 11) is 1.80. The third-order valence-corrected chi connectivity index (χ3v) is 3.63. The molecule has 0 spiro atoms. The van der Waals surface area contributed by atoms with Gasteiger partial charge in [-0.25, -0.2) is 19.9 Å². The number of nitrogens with one attached hydrogen (secondary N) is 3. The Kier molecular flexibility index (Phi) is 3.68. The lowest BCUT2D eigenvalue weighted by Crippen LogP contribution is -2.07. The van der Waals surface area contributed by atoms with Crippen molar-refractivity contribution in [3.05, 3.63) is 36.3 Å². The largest absolute Gasteiger partial charge is 0.453 e. The lowest BCUT2D eigenvalue weighted by Gasteiger charge is -2.03. The van der Waals surface area contributed by atoms with Gasteiger partial charge in [0.05, 0.1) is 18.2 Å². The number of alkyl halides is 3. The van der Waals surface area contributed by atoms with Gasteiger partial charge in [0, 0.05) is 24.5 Å². The van der Waals surface area contributed by atoms with E-state index in [9.17, 15) is 13.2 Å². The van der Waals surface area contributed by atoms with Gasteiger partial charge in [-0.2, -0.15) is 13.2 Å². The highest BCUT2D eigenvalue weighted by atomic mass is 19.4. The summed E-state index contributed by atoms with van der Waals surface area (Å²) in [6.07, 6.45) is 1.79. The fourth-order valence-electron chi connectivity index (χ4n) is 2.57. The number of hydrogen-bond acceptors (Lipinski definition) is 6. The van der Waals surface area contributed by atoms with Crippen molar-refractivity contribution < 1.29 is 13.2 Å². The summed E-state index contributed by atoms with van der Waals surface area (Å²) >= 11 is 0. The number of H-pyrrole nitrogens is 2. The van der Waals surface area contributed by atoms with Crippen molar-refractivity contribution in [3.8, 4) is 22.9 Å². The molecule has 0 atom stereocenters. The van der Waals surface area contributed by atoms with Gasteiger partial charge in [0.2, 0.25) is 5.78 Å². The van der Waals surface area contributed by atoms with Crippen molar-refractivity contribution in [2.45, 2.75) is 12.7 Å². The van der Waals surface area contributed by atoms with Crippen LogP contribution in [0.25, 0.3) is 28.7 Å². The summed E-state index contributed by atoms with van der Waals surface area (Å²) < 4.78 is 40.2. The number of aromatic nitrogens is 8. The molecule has 0 aliphatic heterocycles. The highest BCUT2D eigenvalue weighted by Crippen LogP contribution is 2.32. The minimum atomic E-state index is -4.65. The highest BCUT2D eigenvalue weighted by Gasteiger charge is 2.36. The lowest BCUT2D eigenvalue weighted by atomic mass is 10.2. The molecule has 4 heterocycles. The molecule has 0 saturated carbocycles. The molecule has 0 unspecified atom stereocenters. The first kappa shape index (κ1) is 16.2. The number of aromatic amines is 2. The molecule has 0 saturated heterocycles. The SMILES string of the molecule is CNCc1cnc2nc(-c3nc(C(F)(F)F)n[nH]3)c(-c3cnc[nH]3)n2c1. The highest BCUT2D eigenvalue weighted by molar-refractivity contribution is 5.76. The van der Waals surface area contributed by atoms with Crippen LogP contribution in [0.5, 0.6) is 0 Å². The second-order valence-electron chi connectivity index (χ2n) is 5.44. The molecule has 134 valence electrons. The Morgan fingerprint density at radius 3 is 2.73 bits per heavy atom. The van der Waals surface area contributed by atoms with Crippen LogP contribution in [0.1, 0.15) is 11.4 Å². The first-order valence-corrected chi connectivity index (χ1v) is 7.47. The Hall–Kier alpha value is -3.28. The van der Waals surface area contributed by atoms with E-state index in [4.69, 9.17) is 0 Å². The Morgan fingerprint density at radius 1 is 1.23 bits per heavy atom. The molecule has 26 heavy (non-hydrogen) atoms. The number of halogens is 3. The summed E-state index contributed by atoms with van der Waals surface area (Å²) in [6, 6.07) is 0. The van der Waals surface area contributed by atoms with E-state index in [0.29, 0.717) is 23.7 Å². The molecule has 0 bridgehead atoms. The predicted octanol–water partition coefficient (Wildman–Crippen LogP) is 1.64. The molecule has 0 aliphatic carbocycles. The summed E-state index contributed by atoms with van der Waals surface area (Å²) in [6.45, 7) is 0.569. The van der Waals surface area contributed by atoms with Gasteiger partial charge in [0.15, 0.2) is 5.82 Å². The van der Waals surface area contributed by atoms with Crippen molar-refractivity contribution >= 4 is 5.78 Å². The van der Waals surface area contributed by atoms with E-state index >= 15 is 0 Å². The van der Waals surface area contributed by atoms with E-state index in [2.05, 4.69) is 40.4 Å². The molecule has 0 radical (unpaired) electrons. The maximum absolute atomic E-state index is 12.8. The smallest absolute Gasteiger partial charge is 0.343 e. The van der Waals surface area contributed by atoms with Gasteiger partial charge < -0.3 is 10.3 Å². The normalized spacial score (nSPS) is 12.2. The van der Waals surface area contributed by atoms with Crippen LogP contribution in [-0.4, -0.2) is 46.6 Å². The Labute approximate surface area is 143 Å². The molecule has 0 amide bonds. The monoisotopic (exact) mass is 363 g/mol.